The molecule has 5 nitrogen and oxygen atoms in total. The third-order valence-corrected chi connectivity index (χ3v) is 3.95. The van der Waals surface area contributed by atoms with E-state index in [2.05, 4.69) is 4.98 Å². The minimum atomic E-state index is -0.284. The Morgan fingerprint density at radius 1 is 1.00 bits per heavy atom. The van der Waals surface area contributed by atoms with E-state index in [1.54, 1.807) is 28.8 Å². The van der Waals surface area contributed by atoms with Crippen molar-refractivity contribution < 1.29 is 9.59 Å². The molecular weight excluding hydrogens is 301 g/mol. The lowest BCUT2D eigenvalue weighted by Crippen LogP contribution is -2.32. The number of aromatic nitrogens is 2. The number of imide groups is 1. The van der Waals surface area contributed by atoms with Crippen molar-refractivity contribution in [2.45, 2.75) is 6.54 Å². The van der Waals surface area contributed by atoms with Crippen molar-refractivity contribution in [3.8, 4) is 0 Å². The number of imidazole rings is 1. The summed E-state index contributed by atoms with van der Waals surface area (Å²) >= 11 is 11.7. The van der Waals surface area contributed by atoms with Crippen LogP contribution in [0.4, 0.5) is 0 Å². The molecule has 0 saturated carbocycles. The number of benzene rings is 1. The first kappa shape index (κ1) is 13.1. The number of amides is 2. The minimum Gasteiger partial charge on any atom is -0.319 e. The fourth-order valence-electron chi connectivity index (χ4n) is 2.15. The van der Waals surface area contributed by atoms with Crippen molar-refractivity contribution in [2.24, 2.45) is 0 Å². The average molecular weight is 310 g/mol. The van der Waals surface area contributed by atoms with E-state index < -0.39 is 0 Å². The van der Waals surface area contributed by atoms with Gasteiger partial charge in [0.2, 0.25) is 0 Å². The van der Waals surface area contributed by atoms with E-state index in [1.165, 1.54) is 11.2 Å². The van der Waals surface area contributed by atoms with Crippen LogP contribution in [0.2, 0.25) is 10.3 Å². The number of nitrogens with zero attached hydrogens (tertiary/aromatic N) is 3. The van der Waals surface area contributed by atoms with Gasteiger partial charge < -0.3 is 4.57 Å². The molecule has 102 valence electrons. The van der Waals surface area contributed by atoms with E-state index in [1.807, 2.05) is 0 Å². The zero-order valence-electron chi connectivity index (χ0n) is 10.2. The summed E-state index contributed by atoms with van der Waals surface area (Å²) in [4.78, 5) is 29.3. The fourth-order valence-corrected chi connectivity index (χ4v) is 2.48. The zero-order valence-corrected chi connectivity index (χ0v) is 11.7. The molecule has 1 aromatic heterocycles. The molecule has 1 aliphatic rings. The lowest BCUT2D eigenvalue weighted by atomic mass is 10.1. The van der Waals surface area contributed by atoms with Crippen LogP contribution in [-0.2, 0) is 6.54 Å². The summed E-state index contributed by atoms with van der Waals surface area (Å²) in [5.74, 6) is -0.569. The molecule has 20 heavy (non-hydrogen) atoms. The second-order valence-corrected chi connectivity index (χ2v) is 5.04. The lowest BCUT2D eigenvalue weighted by molar-refractivity contribution is 0.0649. The monoisotopic (exact) mass is 309 g/mol. The molecule has 0 saturated heterocycles. The fraction of sp³-hybridized carbons (Fsp3) is 0.154. The third-order valence-electron chi connectivity index (χ3n) is 3.18. The Balaban J connectivity index is 1.79. The van der Waals surface area contributed by atoms with E-state index in [0.29, 0.717) is 22.8 Å². The van der Waals surface area contributed by atoms with Gasteiger partial charge in [-0.3, -0.25) is 14.5 Å². The van der Waals surface area contributed by atoms with Crippen LogP contribution in [0.25, 0.3) is 0 Å². The van der Waals surface area contributed by atoms with Gasteiger partial charge in [-0.2, -0.15) is 0 Å². The maximum absolute atomic E-state index is 12.1. The molecule has 3 rings (SSSR count). The van der Waals surface area contributed by atoms with E-state index in [9.17, 15) is 9.59 Å². The molecule has 0 radical (unpaired) electrons. The summed E-state index contributed by atoms with van der Waals surface area (Å²) in [7, 11) is 0. The van der Waals surface area contributed by atoms with Gasteiger partial charge in [0, 0.05) is 13.1 Å². The van der Waals surface area contributed by atoms with Crippen molar-refractivity contribution >= 4 is 35.0 Å². The number of carbonyl (C=O) groups is 2. The Morgan fingerprint density at radius 2 is 1.60 bits per heavy atom. The molecule has 0 fully saturated rings. The first-order valence-corrected chi connectivity index (χ1v) is 6.66. The van der Waals surface area contributed by atoms with Crippen LogP contribution >= 0.6 is 23.2 Å². The second kappa shape index (κ2) is 4.92. The second-order valence-electron chi connectivity index (χ2n) is 4.33. The topological polar surface area (TPSA) is 55.2 Å². The van der Waals surface area contributed by atoms with Gasteiger partial charge in [0.15, 0.2) is 5.15 Å². The summed E-state index contributed by atoms with van der Waals surface area (Å²) < 4.78 is 1.59. The highest BCUT2D eigenvalue weighted by molar-refractivity contribution is 6.40. The lowest BCUT2D eigenvalue weighted by Gasteiger charge is -2.14. The van der Waals surface area contributed by atoms with Gasteiger partial charge in [0.05, 0.1) is 17.5 Å². The third kappa shape index (κ3) is 1.99. The smallest absolute Gasteiger partial charge is 0.261 e. The number of carbonyl (C=O) groups excluding carboxylic acids is 2. The molecular formula is C13H9Cl2N3O2. The van der Waals surface area contributed by atoms with Gasteiger partial charge >= 0.3 is 0 Å². The molecule has 2 amide bonds. The van der Waals surface area contributed by atoms with E-state index in [0.717, 1.165) is 0 Å². The standard InChI is InChI=1S/C13H9Cl2N3O2/c14-10-11(15)17(7-16-10)5-6-18-12(19)8-3-1-2-4-9(8)13(18)20/h1-4,7H,5-6H2. The van der Waals surface area contributed by atoms with Gasteiger partial charge in [0.25, 0.3) is 11.8 Å². The van der Waals surface area contributed by atoms with Crippen LogP contribution in [0, 0.1) is 0 Å². The number of rotatable bonds is 3. The molecule has 0 aliphatic carbocycles. The van der Waals surface area contributed by atoms with Crippen LogP contribution in [-0.4, -0.2) is 32.8 Å². The highest BCUT2D eigenvalue weighted by Crippen LogP contribution is 2.23. The molecule has 0 spiro atoms. The highest BCUT2D eigenvalue weighted by Gasteiger charge is 2.34. The number of fused-ring (bicyclic) bond motifs is 1. The Labute approximate surface area is 124 Å². The quantitative estimate of drug-likeness (QED) is 0.819. The van der Waals surface area contributed by atoms with E-state index >= 15 is 0 Å². The summed E-state index contributed by atoms with van der Waals surface area (Å²) in [5, 5.41) is 0.498. The summed E-state index contributed by atoms with van der Waals surface area (Å²) in [6.07, 6.45) is 1.48. The summed E-state index contributed by atoms with van der Waals surface area (Å²) in [6.45, 7) is 0.572. The average Bonchev–Trinajstić information content (AvgIpc) is 2.90. The largest absolute Gasteiger partial charge is 0.319 e. The van der Waals surface area contributed by atoms with Gasteiger partial charge in [-0.15, -0.1) is 0 Å². The van der Waals surface area contributed by atoms with Crippen molar-refractivity contribution in [1.29, 1.82) is 0 Å². The Hall–Kier alpha value is -1.85. The maximum atomic E-state index is 12.1. The van der Waals surface area contributed by atoms with Gasteiger partial charge in [-0.25, -0.2) is 4.98 Å². The van der Waals surface area contributed by atoms with Crippen molar-refractivity contribution in [2.75, 3.05) is 6.54 Å². The molecule has 1 aliphatic heterocycles. The molecule has 0 N–H and O–H groups in total. The zero-order chi connectivity index (χ0) is 14.3. The van der Waals surface area contributed by atoms with Crippen LogP contribution < -0.4 is 0 Å². The van der Waals surface area contributed by atoms with Crippen LogP contribution in [0.15, 0.2) is 30.6 Å². The van der Waals surface area contributed by atoms with Crippen molar-refractivity contribution in [1.82, 2.24) is 14.5 Å². The van der Waals surface area contributed by atoms with Crippen LogP contribution in [0.3, 0.4) is 0 Å². The van der Waals surface area contributed by atoms with Gasteiger partial charge in [-0.05, 0) is 12.1 Å². The first-order chi connectivity index (χ1) is 9.59. The highest BCUT2D eigenvalue weighted by atomic mass is 35.5. The van der Waals surface area contributed by atoms with Crippen molar-refractivity contribution in [3.63, 3.8) is 0 Å². The number of hydrogen-bond acceptors (Lipinski definition) is 3. The Morgan fingerprint density at radius 3 is 2.10 bits per heavy atom. The molecule has 0 unspecified atom stereocenters. The first-order valence-electron chi connectivity index (χ1n) is 5.91. The maximum Gasteiger partial charge on any atom is 0.261 e. The predicted octanol–water partition coefficient (Wildman–Crippen LogP) is 2.49. The number of hydrogen-bond donors (Lipinski definition) is 0. The molecule has 0 atom stereocenters. The molecule has 2 aromatic rings. The van der Waals surface area contributed by atoms with Crippen LogP contribution in [0.1, 0.15) is 20.7 Å². The molecule has 1 aromatic carbocycles. The molecule has 7 heteroatoms. The van der Waals surface area contributed by atoms with Gasteiger partial charge in [0.1, 0.15) is 5.15 Å². The number of halogens is 2. The Kier molecular flexibility index (Phi) is 3.23. The Bertz CT molecular complexity index is 676. The summed E-state index contributed by atoms with van der Waals surface area (Å²) in [6, 6.07) is 6.77. The van der Waals surface area contributed by atoms with Gasteiger partial charge in [-0.1, -0.05) is 35.3 Å². The molecule has 0 bridgehead atoms. The van der Waals surface area contributed by atoms with Crippen LogP contribution in [0.5, 0.6) is 0 Å². The predicted molar refractivity (Wildman–Crippen MR) is 74.1 cm³/mol. The van der Waals surface area contributed by atoms with Crippen molar-refractivity contribution in [3.05, 3.63) is 52.0 Å². The molecule has 2 heterocycles. The SMILES string of the molecule is O=C1c2ccccc2C(=O)N1CCn1cnc(Cl)c1Cl. The normalized spacial score (nSPS) is 14.0. The van der Waals surface area contributed by atoms with E-state index in [4.69, 9.17) is 23.2 Å². The van der Waals surface area contributed by atoms with E-state index in [-0.39, 0.29) is 23.5 Å². The minimum absolute atomic E-state index is 0.203. The summed E-state index contributed by atoms with van der Waals surface area (Å²) in [5.41, 5.74) is 0.875.